The van der Waals surface area contributed by atoms with E-state index in [4.69, 9.17) is 9.47 Å². The lowest BCUT2D eigenvalue weighted by molar-refractivity contribution is -0.302. The maximum atomic E-state index is 13.0. The van der Waals surface area contributed by atoms with Crippen LogP contribution >= 0.6 is 0 Å². The van der Waals surface area contributed by atoms with Gasteiger partial charge in [0.25, 0.3) is 0 Å². The van der Waals surface area contributed by atoms with Crippen LogP contribution in [0.3, 0.4) is 0 Å². The summed E-state index contributed by atoms with van der Waals surface area (Å²) in [6.45, 7) is 3.67. The van der Waals surface area contributed by atoms with Crippen molar-refractivity contribution >= 4 is 5.91 Å². The van der Waals surface area contributed by atoms with Crippen LogP contribution < -0.4 is 5.32 Å². The van der Waals surface area contributed by atoms with Gasteiger partial charge in [-0.2, -0.15) is 0 Å². The smallest absolute Gasteiger partial charge is 0.220 e. The van der Waals surface area contributed by atoms with Crippen molar-refractivity contribution in [3.63, 3.8) is 0 Å². The number of nitrogens with one attached hydrogen (secondary N) is 1. The van der Waals surface area contributed by atoms with Gasteiger partial charge < -0.3 is 40.3 Å². The SMILES string of the molecule is CC/C=C\C/C=C\C/C=C\C/C=C\CCCCCCCCCCCCCCCCC(=O)NC(COC1OC(CO)C(O)C(O)C1O)C(O)/C=C/CCCCCCCCCCCCCCC. The zero-order valence-corrected chi connectivity index (χ0v) is 41.7. The Balaban J connectivity index is 2.22. The minimum absolute atomic E-state index is 0.179. The van der Waals surface area contributed by atoms with Gasteiger partial charge in [-0.25, -0.2) is 0 Å². The first-order valence-electron chi connectivity index (χ1n) is 27.0. The molecule has 0 aromatic rings. The molecule has 1 saturated heterocycles. The molecule has 7 atom stereocenters. The number of aliphatic hydroxyl groups is 5. The average molecular weight is 916 g/mol. The second-order valence-corrected chi connectivity index (χ2v) is 18.6. The molecule has 1 fully saturated rings. The standard InChI is InChI=1S/C56H101NO8/c1-3-5-7-9-11-13-15-17-19-20-21-22-23-24-25-26-27-28-29-30-32-34-36-38-40-42-44-46-52(60)57-49(48-64-56-55(63)54(62)53(61)51(47-58)65-56)50(59)45-43-41-39-37-35-33-31-18-16-14-12-10-8-6-4-2/h5,7,11,13,17,19,21-22,43,45,49-51,53-56,58-59,61-63H,3-4,6,8-10,12,14-16,18,20,23-42,44,46-48H2,1-2H3,(H,57,60)/b7-5-,13-11-,19-17-,22-21-,45-43+. The largest absolute Gasteiger partial charge is 0.394 e. The third kappa shape index (κ3) is 35.7. The molecule has 0 aliphatic carbocycles. The number of unbranched alkanes of at least 4 members (excludes halogenated alkanes) is 27. The van der Waals surface area contributed by atoms with Crippen LogP contribution in [0.4, 0.5) is 0 Å². The molecule has 378 valence electrons. The molecule has 6 N–H and O–H groups in total. The summed E-state index contributed by atoms with van der Waals surface area (Å²) in [4.78, 5) is 13.0. The summed E-state index contributed by atoms with van der Waals surface area (Å²) < 4.78 is 11.2. The molecular formula is C56H101NO8. The van der Waals surface area contributed by atoms with Crippen LogP contribution in [0.5, 0.6) is 0 Å². The molecular weight excluding hydrogens is 815 g/mol. The summed E-state index contributed by atoms with van der Waals surface area (Å²) in [5, 5.41) is 54.4. The van der Waals surface area contributed by atoms with E-state index in [9.17, 15) is 30.3 Å². The Kier molecular flexibility index (Phi) is 42.8. The van der Waals surface area contributed by atoms with Crippen molar-refractivity contribution in [3.8, 4) is 0 Å². The Bertz CT molecular complexity index is 1200. The fourth-order valence-corrected chi connectivity index (χ4v) is 8.32. The molecule has 1 aliphatic rings. The Morgan fingerprint density at radius 3 is 1.42 bits per heavy atom. The quantitative estimate of drug-likeness (QED) is 0.0261. The van der Waals surface area contributed by atoms with Gasteiger partial charge in [-0.05, 0) is 57.8 Å². The average Bonchev–Trinajstić information content (AvgIpc) is 3.31. The predicted molar refractivity (Wildman–Crippen MR) is 272 cm³/mol. The minimum atomic E-state index is -1.57. The van der Waals surface area contributed by atoms with Gasteiger partial charge in [-0.1, -0.05) is 229 Å². The van der Waals surface area contributed by atoms with Gasteiger partial charge >= 0.3 is 0 Å². The number of hydrogen-bond acceptors (Lipinski definition) is 8. The van der Waals surface area contributed by atoms with Gasteiger partial charge in [-0.15, -0.1) is 0 Å². The van der Waals surface area contributed by atoms with E-state index in [1.807, 2.05) is 6.08 Å². The molecule has 0 bridgehead atoms. The topological polar surface area (TPSA) is 149 Å². The van der Waals surface area contributed by atoms with Crippen molar-refractivity contribution in [1.82, 2.24) is 5.32 Å². The van der Waals surface area contributed by atoms with Gasteiger partial charge in [0.2, 0.25) is 5.91 Å². The van der Waals surface area contributed by atoms with Crippen molar-refractivity contribution in [2.24, 2.45) is 0 Å². The second kappa shape index (κ2) is 45.7. The molecule has 65 heavy (non-hydrogen) atoms. The van der Waals surface area contributed by atoms with E-state index in [2.05, 4.69) is 67.8 Å². The number of allylic oxidation sites excluding steroid dienone is 9. The van der Waals surface area contributed by atoms with Crippen molar-refractivity contribution < 1.29 is 39.8 Å². The molecule has 1 heterocycles. The summed E-state index contributed by atoms with van der Waals surface area (Å²) in [5.41, 5.74) is 0. The highest BCUT2D eigenvalue weighted by molar-refractivity contribution is 5.76. The van der Waals surface area contributed by atoms with Gasteiger partial charge in [0.1, 0.15) is 24.4 Å². The van der Waals surface area contributed by atoms with Gasteiger partial charge in [0.05, 0.1) is 25.4 Å². The zero-order valence-electron chi connectivity index (χ0n) is 41.7. The first-order chi connectivity index (χ1) is 31.8. The van der Waals surface area contributed by atoms with E-state index < -0.39 is 49.5 Å². The molecule has 0 spiro atoms. The first-order valence-corrected chi connectivity index (χ1v) is 27.0. The van der Waals surface area contributed by atoms with E-state index >= 15 is 0 Å². The molecule has 0 saturated carbocycles. The number of rotatable bonds is 45. The van der Waals surface area contributed by atoms with Crippen molar-refractivity contribution in [2.75, 3.05) is 13.2 Å². The molecule has 1 rings (SSSR count). The number of hydrogen-bond donors (Lipinski definition) is 6. The van der Waals surface area contributed by atoms with Crippen molar-refractivity contribution in [1.29, 1.82) is 0 Å². The van der Waals surface area contributed by atoms with Gasteiger partial charge in [0, 0.05) is 6.42 Å². The van der Waals surface area contributed by atoms with Crippen molar-refractivity contribution in [2.45, 2.75) is 275 Å². The predicted octanol–water partition coefficient (Wildman–Crippen LogP) is 12.7. The monoisotopic (exact) mass is 916 g/mol. The van der Waals surface area contributed by atoms with Crippen LogP contribution in [0.1, 0.15) is 232 Å². The molecule has 9 heteroatoms. The minimum Gasteiger partial charge on any atom is -0.394 e. The molecule has 7 unspecified atom stereocenters. The van der Waals surface area contributed by atoms with E-state index in [0.29, 0.717) is 6.42 Å². The van der Waals surface area contributed by atoms with E-state index in [0.717, 1.165) is 64.2 Å². The summed E-state index contributed by atoms with van der Waals surface area (Å²) in [7, 11) is 0. The van der Waals surface area contributed by atoms with Gasteiger partial charge in [-0.3, -0.25) is 4.79 Å². The highest BCUT2D eigenvalue weighted by atomic mass is 16.7. The fourth-order valence-electron chi connectivity index (χ4n) is 8.32. The second-order valence-electron chi connectivity index (χ2n) is 18.6. The lowest BCUT2D eigenvalue weighted by Crippen LogP contribution is -2.60. The maximum Gasteiger partial charge on any atom is 0.220 e. The van der Waals surface area contributed by atoms with Crippen LogP contribution in [0.2, 0.25) is 0 Å². The van der Waals surface area contributed by atoms with E-state index in [1.165, 1.54) is 148 Å². The number of amides is 1. The number of carbonyl (C=O) groups is 1. The highest BCUT2D eigenvalue weighted by Gasteiger charge is 2.44. The summed E-state index contributed by atoms with van der Waals surface area (Å²) in [6.07, 6.45) is 54.2. The molecule has 0 aromatic heterocycles. The van der Waals surface area contributed by atoms with Crippen LogP contribution in [-0.2, 0) is 14.3 Å². The molecule has 0 radical (unpaired) electrons. The van der Waals surface area contributed by atoms with E-state index in [1.54, 1.807) is 6.08 Å². The lowest BCUT2D eigenvalue weighted by Gasteiger charge is -2.40. The van der Waals surface area contributed by atoms with Crippen LogP contribution in [0.25, 0.3) is 0 Å². The number of ether oxygens (including phenoxy) is 2. The van der Waals surface area contributed by atoms with E-state index in [-0.39, 0.29) is 12.5 Å². The Morgan fingerprint density at radius 1 is 0.538 bits per heavy atom. The summed E-state index contributed by atoms with van der Waals surface area (Å²) >= 11 is 0. The van der Waals surface area contributed by atoms with Crippen LogP contribution in [-0.4, -0.2) is 87.5 Å². The van der Waals surface area contributed by atoms with Crippen molar-refractivity contribution in [3.05, 3.63) is 60.8 Å². The molecule has 0 aromatic carbocycles. The van der Waals surface area contributed by atoms with Gasteiger partial charge in [0.15, 0.2) is 6.29 Å². The lowest BCUT2D eigenvalue weighted by atomic mass is 9.99. The first kappa shape index (κ1) is 60.9. The normalized spacial score (nSPS) is 20.4. The molecule has 1 amide bonds. The highest BCUT2D eigenvalue weighted by Crippen LogP contribution is 2.23. The maximum absolute atomic E-state index is 13.0. The van der Waals surface area contributed by atoms with Crippen LogP contribution in [0, 0.1) is 0 Å². The Morgan fingerprint density at radius 2 is 0.954 bits per heavy atom. The molecule has 9 nitrogen and oxygen atoms in total. The zero-order chi connectivity index (χ0) is 47.3. The third-order valence-electron chi connectivity index (χ3n) is 12.6. The summed E-state index contributed by atoms with van der Waals surface area (Å²) in [5.74, 6) is -0.179. The molecule has 1 aliphatic heterocycles. The fraction of sp³-hybridized carbons (Fsp3) is 0.804. The third-order valence-corrected chi connectivity index (χ3v) is 12.6. The number of aliphatic hydroxyl groups excluding tert-OH is 5. The summed E-state index contributed by atoms with van der Waals surface area (Å²) in [6, 6.07) is -0.806. The van der Waals surface area contributed by atoms with Crippen LogP contribution in [0.15, 0.2) is 60.8 Å². The Labute approximate surface area is 398 Å². The number of carbonyl (C=O) groups excluding carboxylic acids is 1. The Hall–Kier alpha value is -2.11.